The van der Waals surface area contributed by atoms with Gasteiger partial charge in [0, 0.05) is 18.5 Å². The highest BCUT2D eigenvalue weighted by molar-refractivity contribution is 5.75. The molecule has 2 aliphatic rings. The molecule has 0 radical (unpaired) electrons. The first-order chi connectivity index (χ1) is 13.5. The maximum atomic E-state index is 12.5. The molecule has 0 saturated carbocycles. The van der Waals surface area contributed by atoms with Gasteiger partial charge in [-0.25, -0.2) is 4.79 Å². The lowest BCUT2D eigenvalue weighted by Gasteiger charge is -2.41. The second kappa shape index (κ2) is 7.63. The summed E-state index contributed by atoms with van der Waals surface area (Å²) >= 11 is 0. The minimum absolute atomic E-state index is 0.259. The van der Waals surface area contributed by atoms with Crippen molar-refractivity contribution in [3.63, 3.8) is 0 Å². The van der Waals surface area contributed by atoms with Crippen LogP contribution in [0.1, 0.15) is 65.0 Å². The van der Waals surface area contributed by atoms with Crippen LogP contribution in [0.4, 0.5) is 4.79 Å². The lowest BCUT2D eigenvalue weighted by Crippen LogP contribution is -2.47. The van der Waals surface area contributed by atoms with Gasteiger partial charge in [0.2, 0.25) is 0 Å². The Balaban J connectivity index is 1.83. The van der Waals surface area contributed by atoms with E-state index in [0.29, 0.717) is 19.5 Å². The van der Waals surface area contributed by atoms with Crippen LogP contribution < -0.4 is 0 Å². The van der Waals surface area contributed by atoms with Crippen molar-refractivity contribution >= 4 is 12.1 Å². The van der Waals surface area contributed by atoms with Crippen molar-refractivity contribution in [1.29, 1.82) is 0 Å². The molecule has 2 unspecified atom stereocenters. The molecule has 0 aromatic heterocycles. The standard InChI is InChI=1S/C23H33NO5/c1-6-28-19(25)16(2)23(27)15-22(17-9-7-8-10-18(17)23)11-13-24(14-12-22)20(26)29-21(3,4)5/h7-10,16,27H,6,11-15H2,1-5H3. The number of nitrogens with zero attached hydrogens (tertiary/aromatic N) is 1. The fourth-order valence-corrected chi connectivity index (χ4v) is 4.77. The molecule has 3 rings (SSSR count). The first-order valence-electron chi connectivity index (χ1n) is 10.5. The Morgan fingerprint density at radius 1 is 1.17 bits per heavy atom. The van der Waals surface area contributed by atoms with Gasteiger partial charge in [-0.1, -0.05) is 24.3 Å². The maximum absolute atomic E-state index is 12.5. The number of likely N-dealkylation sites (tertiary alicyclic amines) is 1. The first kappa shape index (κ1) is 21.6. The molecule has 29 heavy (non-hydrogen) atoms. The van der Waals surface area contributed by atoms with Crippen molar-refractivity contribution in [3.05, 3.63) is 35.4 Å². The molecular weight excluding hydrogens is 370 g/mol. The molecule has 1 amide bonds. The highest BCUT2D eigenvalue weighted by Gasteiger charge is 2.56. The number of benzene rings is 1. The monoisotopic (exact) mass is 403 g/mol. The number of ether oxygens (including phenoxy) is 2. The van der Waals surface area contributed by atoms with Crippen molar-refractivity contribution in [2.24, 2.45) is 5.92 Å². The third kappa shape index (κ3) is 4.00. The van der Waals surface area contributed by atoms with E-state index in [-0.39, 0.29) is 24.1 Å². The molecule has 160 valence electrons. The Bertz CT molecular complexity index is 776. The van der Waals surface area contributed by atoms with E-state index in [1.165, 1.54) is 0 Å². The van der Waals surface area contributed by atoms with Crippen molar-refractivity contribution in [1.82, 2.24) is 4.90 Å². The zero-order valence-corrected chi connectivity index (χ0v) is 18.2. The molecule has 2 atom stereocenters. The number of amides is 1. The molecular formula is C23H33NO5. The third-order valence-corrected chi connectivity index (χ3v) is 6.30. The maximum Gasteiger partial charge on any atom is 0.410 e. The first-order valence-corrected chi connectivity index (χ1v) is 10.5. The van der Waals surface area contributed by atoms with Crippen LogP contribution in [0.3, 0.4) is 0 Å². The number of fused-ring (bicyclic) bond motifs is 2. The lowest BCUT2D eigenvalue weighted by atomic mass is 9.72. The molecule has 0 bridgehead atoms. The minimum Gasteiger partial charge on any atom is -0.466 e. The number of esters is 1. The van der Waals surface area contributed by atoms with E-state index in [2.05, 4.69) is 0 Å². The van der Waals surface area contributed by atoms with Gasteiger partial charge in [0.15, 0.2) is 0 Å². The van der Waals surface area contributed by atoms with E-state index in [4.69, 9.17) is 9.47 Å². The summed E-state index contributed by atoms with van der Waals surface area (Å²) in [4.78, 5) is 26.6. The summed E-state index contributed by atoms with van der Waals surface area (Å²) in [7, 11) is 0. The molecule has 1 spiro atoms. The quantitative estimate of drug-likeness (QED) is 0.778. The summed E-state index contributed by atoms with van der Waals surface area (Å²) in [5.41, 5.74) is -0.156. The van der Waals surface area contributed by atoms with Gasteiger partial charge >= 0.3 is 12.1 Å². The topological polar surface area (TPSA) is 76.1 Å². The summed E-state index contributed by atoms with van der Waals surface area (Å²) in [5, 5.41) is 11.6. The van der Waals surface area contributed by atoms with Gasteiger partial charge < -0.3 is 19.5 Å². The predicted molar refractivity (Wildman–Crippen MR) is 109 cm³/mol. The summed E-state index contributed by atoms with van der Waals surface area (Å²) in [5.74, 6) is -1.04. The summed E-state index contributed by atoms with van der Waals surface area (Å²) in [6, 6.07) is 7.84. The Morgan fingerprint density at radius 2 is 1.76 bits per heavy atom. The van der Waals surface area contributed by atoms with E-state index in [1.807, 2.05) is 45.0 Å². The number of carbonyl (C=O) groups is 2. The number of hydrogen-bond acceptors (Lipinski definition) is 5. The zero-order chi connectivity index (χ0) is 21.4. The fourth-order valence-electron chi connectivity index (χ4n) is 4.77. The molecule has 1 aliphatic heterocycles. The third-order valence-electron chi connectivity index (χ3n) is 6.30. The van der Waals surface area contributed by atoms with Crippen LogP contribution in [0.15, 0.2) is 24.3 Å². The number of rotatable bonds is 3. The second-order valence-electron chi connectivity index (χ2n) is 9.37. The van der Waals surface area contributed by atoms with Gasteiger partial charge in [-0.2, -0.15) is 0 Å². The van der Waals surface area contributed by atoms with Crippen molar-refractivity contribution in [2.45, 2.75) is 70.5 Å². The fraction of sp³-hybridized carbons (Fsp3) is 0.652. The SMILES string of the molecule is CCOC(=O)C(C)C1(O)CC2(CCN(C(=O)OC(C)(C)C)CC2)c2ccccc21. The van der Waals surface area contributed by atoms with E-state index in [9.17, 15) is 14.7 Å². The summed E-state index contributed by atoms with van der Waals surface area (Å²) in [6.07, 6.45) is 1.61. The number of aliphatic hydroxyl groups is 1. The van der Waals surface area contributed by atoms with Gasteiger partial charge in [-0.05, 0) is 65.0 Å². The number of hydrogen-bond donors (Lipinski definition) is 1. The molecule has 1 aliphatic carbocycles. The molecule has 6 nitrogen and oxygen atoms in total. The second-order valence-corrected chi connectivity index (χ2v) is 9.37. The van der Waals surface area contributed by atoms with Crippen molar-refractivity contribution in [3.8, 4) is 0 Å². The molecule has 1 heterocycles. The van der Waals surface area contributed by atoms with Gasteiger partial charge in [0.05, 0.1) is 12.5 Å². The minimum atomic E-state index is -1.27. The smallest absolute Gasteiger partial charge is 0.410 e. The Hall–Kier alpha value is -2.08. The van der Waals surface area contributed by atoms with Crippen LogP contribution in [0.5, 0.6) is 0 Å². The van der Waals surface area contributed by atoms with Crippen molar-refractivity contribution in [2.75, 3.05) is 19.7 Å². The van der Waals surface area contributed by atoms with E-state index in [1.54, 1.807) is 18.7 Å². The Labute approximate surface area is 173 Å². The average Bonchev–Trinajstić information content (AvgIpc) is 2.90. The molecule has 1 saturated heterocycles. The highest BCUT2D eigenvalue weighted by Crippen LogP contribution is 2.56. The number of piperidine rings is 1. The number of carbonyl (C=O) groups excluding carboxylic acids is 2. The summed E-state index contributed by atoms with van der Waals surface area (Å²) in [6.45, 7) is 10.5. The normalized spacial score (nSPS) is 24.1. The van der Waals surface area contributed by atoms with Gasteiger partial charge in [0.1, 0.15) is 11.2 Å². The van der Waals surface area contributed by atoms with Gasteiger partial charge in [0.25, 0.3) is 0 Å². The van der Waals surface area contributed by atoms with Crippen LogP contribution in [-0.4, -0.2) is 47.4 Å². The van der Waals surface area contributed by atoms with Gasteiger partial charge in [-0.3, -0.25) is 4.79 Å². The Morgan fingerprint density at radius 3 is 2.31 bits per heavy atom. The molecule has 6 heteroatoms. The predicted octanol–water partition coefficient (Wildman–Crippen LogP) is 3.75. The van der Waals surface area contributed by atoms with Crippen LogP contribution >= 0.6 is 0 Å². The summed E-state index contributed by atoms with van der Waals surface area (Å²) < 4.78 is 10.7. The van der Waals surface area contributed by atoms with Crippen molar-refractivity contribution < 1.29 is 24.2 Å². The molecule has 1 N–H and O–H groups in total. The van der Waals surface area contributed by atoms with E-state index in [0.717, 1.165) is 24.0 Å². The van der Waals surface area contributed by atoms with Crippen LogP contribution in [0.2, 0.25) is 0 Å². The van der Waals surface area contributed by atoms with Crippen LogP contribution in [-0.2, 0) is 25.3 Å². The van der Waals surface area contributed by atoms with E-state index >= 15 is 0 Å². The van der Waals surface area contributed by atoms with Gasteiger partial charge in [-0.15, -0.1) is 0 Å². The van der Waals surface area contributed by atoms with Crippen LogP contribution in [0, 0.1) is 5.92 Å². The Kier molecular flexibility index (Phi) is 5.69. The molecule has 1 aromatic carbocycles. The molecule has 1 aromatic rings. The molecule has 1 fully saturated rings. The largest absolute Gasteiger partial charge is 0.466 e. The van der Waals surface area contributed by atoms with Crippen LogP contribution in [0.25, 0.3) is 0 Å². The zero-order valence-electron chi connectivity index (χ0n) is 18.2. The van der Waals surface area contributed by atoms with E-state index < -0.39 is 17.1 Å². The lowest BCUT2D eigenvalue weighted by molar-refractivity contribution is -0.159. The highest BCUT2D eigenvalue weighted by atomic mass is 16.6. The average molecular weight is 404 g/mol.